The number of rotatable bonds is 5. The first-order chi connectivity index (χ1) is 13.9. The molecular weight excluding hydrogens is 382 g/mol. The van der Waals surface area contributed by atoms with Gasteiger partial charge in [-0.2, -0.15) is 0 Å². The highest BCUT2D eigenvalue weighted by atomic mass is 32.2. The van der Waals surface area contributed by atoms with E-state index in [1.807, 2.05) is 29.2 Å². The first-order valence-corrected chi connectivity index (χ1v) is 10.9. The summed E-state index contributed by atoms with van der Waals surface area (Å²) in [5, 5.41) is 0. The SMILES string of the molecule is Cc1cccc(N2CCN(C(=O)c3ccccc3SCC(=O)N(C)C)CC2)c1C. The maximum absolute atomic E-state index is 13.2. The largest absolute Gasteiger partial charge is 0.368 e. The molecule has 1 aliphatic rings. The summed E-state index contributed by atoms with van der Waals surface area (Å²) in [6, 6.07) is 14.0. The van der Waals surface area contributed by atoms with E-state index in [0.29, 0.717) is 24.4 Å². The van der Waals surface area contributed by atoms with E-state index in [1.165, 1.54) is 28.6 Å². The van der Waals surface area contributed by atoms with Gasteiger partial charge in [0, 0.05) is 50.9 Å². The van der Waals surface area contributed by atoms with E-state index in [2.05, 4.69) is 36.9 Å². The number of hydrogen-bond donors (Lipinski definition) is 0. The van der Waals surface area contributed by atoms with E-state index in [-0.39, 0.29) is 11.8 Å². The van der Waals surface area contributed by atoms with Gasteiger partial charge in [-0.25, -0.2) is 0 Å². The van der Waals surface area contributed by atoms with Gasteiger partial charge in [-0.3, -0.25) is 9.59 Å². The molecule has 0 aromatic heterocycles. The van der Waals surface area contributed by atoms with E-state index in [0.717, 1.165) is 18.0 Å². The number of aryl methyl sites for hydroxylation is 1. The van der Waals surface area contributed by atoms with Crippen LogP contribution in [0.5, 0.6) is 0 Å². The Balaban J connectivity index is 1.67. The molecule has 0 spiro atoms. The van der Waals surface area contributed by atoms with Crippen LogP contribution in [0, 0.1) is 13.8 Å². The van der Waals surface area contributed by atoms with Gasteiger partial charge in [-0.15, -0.1) is 11.8 Å². The number of benzene rings is 2. The molecule has 2 aromatic rings. The number of carbonyl (C=O) groups is 2. The second kappa shape index (κ2) is 9.35. The van der Waals surface area contributed by atoms with Gasteiger partial charge in [0.05, 0.1) is 11.3 Å². The van der Waals surface area contributed by atoms with E-state index < -0.39 is 0 Å². The number of hydrogen-bond acceptors (Lipinski definition) is 4. The number of piperazine rings is 1. The van der Waals surface area contributed by atoms with E-state index >= 15 is 0 Å². The second-order valence-corrected chi connectivity index (χ2v) is 8.59. The van der Waals surface area contributed by atoms with Crippen molar-refractivity contribution in [1.82, 2.24) is 9.80 Å². The number of thioether (sulfide) groups is 1. The van der Waals surface area contributed by atoms with Gasteiger partial charge in [0.15, 0.2) is 0 Å². The lowest BCUT2D eigenvalue weighted by atomic mass is 10.1. The molecule has 154 valence electrons. The van der Waals surface area contributed by atoms with Crippen LogP contribution in [0.2, 0.25) is 0 Å². The molecule has 1 fully saturated rings. The molecule has 29 heavy (non-hydrogen) atoms. The second-order valence-electron chi connectivity index (χ2n) is 7.57. The topological polar surface area (TPSA) is 43.9 Å². The average molecular weight is 412 g/mol. The molecule has 5 nitrogen and oxygen atoms in total. The third-order valence-electron chi connectivity index (χ3n) is 5.45. The predicted molar refractivity (Wildman–Crippen MR) is 120 cm³/mol. The van der Waals surface area contributed by atoms with Crippen molar-refractivity contribution in [3.63, 3.8) is 0 Å². The maximum Gasteiger partial charge on any atom is 0.255 e. The van der Waals surface area contributed by atoms with Crippen LogP contribution in [0.4, 0.5) is 5.69 Å². The molecule has 0 radical (unpaired) electrons. The van der Waals surface area contributed by atoms with Crippen molar-refractivity contribution in [2.45, 2.75) is 18.7 Å². The lowest BCUT2D eigenvalue weighted by molar-refractivity contribution is -0.125. The van der Waals surface area contributed by atoms with Crippen LogP contribution in [0.1, 0.15) is 21.5 Å². The smallest absolute Gasteiger partial charge is 0.255 e. The van der Waals surface area contributed by atoms with Gasteiger partial charge in [0.2, 0.25) is 5.91 Å². The normalized spacial score (nSPS) is 14.1. The van der Waals surface area contributed by atoms with E-state index in [9.17, 15) is 9.59 Å². The molecule has 2 aromatic carbocycles. The predicted octanol–water partition coefficient (Wildman–Crippen LogP) is 3.45. The van der Waals surface area contributed by atoms with Gasteiger partial charge < -0.3 is 14.7 Å². The molecule has 0 unspecified atom stereocenters. The van der Waals surface area contributed by atoms with Crippen molar-refractivity contribution in [1.29, 1.82) is 0 Å². The number of anilines is 1. The van der Waals surface area contributed by atoms with Crippen LogP contribution in [0.25, 0.3) is 0 Å². The molecule has 0 aliphatic carbocycles. The highest BCUT2D eigenvalue weighted by Crippen LogP contribution is 2.27. The van der Waals surface area contributed by atoms with Crippen LogP contribution >= 0.6 is 11.8 Å². The van der Waals surface area contributed by atoms with Crippen molar-refractivity contribution in [3.05, 3.63) is 59.2 Å². The van der Waals surface area contributed by atoms with Crippen LogP contribution in [0.3, 0.4) is 0 Å². The summed E-state index contributed by atoms with van der Waals surface area (Å²) in [5.74, 6) is 0.419. The fourth-order valence-corrected chi connectivity index (χ4v) is 4.46. The minimum absolute atomic E-state index is 0.0411. The Kier molecular flexibility index (Phi) is 6.85. The molecule has 3 rings (SSSR count). The molecule has 0 saturated carbocycles. The summed E-state index contributed by atoms with van der Waals surface area (Å²) in [4.78, 5) is 31.8. The summed E-state index contributed by atoms with van der Waals surface area (Å²) in [6.07, 6.45) is 0. The first-order valence-electron chi connectivity index (χ1n) is 9.91. The zero-order valence-corrected chi connectivity index (χ0v) is 18.5. The third-order valence-corrected chi connectivity index (χ3v) is 6.51. The molecule has 2 amide bonds. The molecule has 1 saturated heterocycles. The highest BCUT2D eigenvalue weighted by Gasteiger charge is 2.25. The third kappa shape index (κ3) is 4.93. The molecule has 1 aliphatic heterocycles. The van der Waals surface area contributed by atoms with Crippen LogP contribution in [-0.4, -0.2) is 67.6 Å². The van der Waals surface area contributed by atoms with Crippen LogP contribution in [-0.2, 0) is 4.79 Å². The van der Waals surface area contributed by atoms with Gasteiger partial charge in [0.1, 0.15) is 0 Å². The van der Waals surface area contributed by atoms with Crippen molar-refractivity contribution in [2.24, 2.45) is 0 Å². The van der Waals surface area contributed by atoms with Gasteiger partial charge >= 0.3 is 0 Å². The standard InChI is InChI=1S/C23H29N3O2S/c1-17-8-7-10-20(18(17)2)25-12-14-26(15-13-25)23(28)19-9-5-6-11-21(19)29-16-22(27)24(3)4/h5-11H,12-16H2,1-4H3. The summed E-state index contributed by atoms with van der Waals surface area (Å²) in [6.45, 7) is 7.33. The number of carbonyl (C=O) groups excluding carboxylic acids is 2. The Hall–Kier alpha value is -2.47. The summed E-state index contributed by atoms with van der Waals surface area (Å²) >= 11 is 1.43. The number of amides is 2. The van der Waals surface area contributed by atoms with Crippen molar-refractivity contribution < 1.29 is 9.59 Å². The zero-order chi connectivity index (χ0) is 21.0. The minimum Gasteiger partial charge on any atom is -0.368 e. The quantitative estimate of drug-likeness (QED) is 0.707. The summed E-state index contributed by atoms with van der Waals surface area (Å²) < 4.78 is 0. The van der Waals surface area contributed by atoms with E-state index in [4.69, 9.17) is 0 Å². The minimum atomic E-state index is 0.0411. The lowest BCUT2D eigenvalue weighted by Gasteiger charge is -2.37. The fraction of sp³-hybridized carbons (Fsp3) is 0.391. The Morgan fingerprint density at radius 2 is 1.66 bits per heavy atom. The number of nitrogens with zero attached hydrogens (tertiary/aromatic N) is 3. The Morgan fingerprint density at radius 3 is 2.34 bits per heavy atom. The molecule has 0 bridgehead atoms. The van der Waals surface area contributed by atoms with Crippen molar-refractivity contribution in [3.8, 4) is 0 Å². The Labute approximate surface area is 177 Å². The zero-order valence-electron chi connectivity index (χ0n) is 17.6. The monoisotopic (exact) mass is 411 g/mol. The molecule has 6 heteroatoms. The summed E-state index contributed by atoms with van der Waals surface area (Å²) in [7, 11) is 3.49. The average Bonchev–Trinajstić information content (AvgIpc) is 2.73. The lowest BCUT2D eigenvalue weighted by Crippen LogP contribution is -2.49. The highest BCUT2D eigenvalue weighted by molar-refractivity contribution is 8.00. The maximum atomic E-state index is 13.2. The van der Waals surface area contributed by atoms with Crippen LogP contribution < -0.4 is 4.90 Å². The Bertz CT molecular complexity index is 889. The van der Waals surface area contributed by atoms with Crippen LogP contribution in [0.15, 0.2) is 47.4 Å². The molecule has 0 atom stereocenters. The van der Waals surface area contributed by atoms with Gasteiger partial charge in [-0.1, -0.05) is 24.3 Å². The van der Waals surface area contributed by atoms with Crippen molar-refractivity contribution in [2.75, 3.05) is 50.9 Å². The van der Waals surface area contributed by atoms with Crippen molar-refractivity contribution >= 4 is 29.3 Å². The van der Waals surface area contributed by atoms with E-state index in [1.54, 1.807) is 19.0 Å². The summed E-state index contributed by atoms with van der Waals surface area (Å²) in [5.41, 5.74) is 4.54. The van der Waals surface area contributed by atoms with Gasteiger partial charge in [-0.05, 0) is 43.2 Å². The molecule has 1 heterocycles. The van der Waals surface area contributed by atoms with Gasteiger partial charge in [0.25, 0.3) is 5.91 Å². The first kappa shape index (κ1) is 21.2. The Morgan fingerprint density at radius 1 is 0.966 bits per heavy atom. The molecular formula is C23H29N3O2S. The molecule has 0 N–H and O–H groups in total. The fourth-order valence-electron chi connectivity index (χ4n) is 3.44.